The predicted octanol–water partition coefficient (Wildman–Crippen LogP) is 8.77. The van der Waals surface area contributed by atoms with Crippen molar-refractivity contribution >= 4 is 59.1 Å². The number of rotatable bonds is 20. The van der Waals surface area contributed by atoms with Crippen LogP contribution < -0.4 is 10.6 Å². The molecule has 0 aromatic heterocycles. The summed E-state index contributed by atoms with van der Waals surface area (Å²) in [7, 11) is 0. The van der Waals surface area contributed by atoms with Gasteiger partial charge in [-0.3, -0.25) is 28.8 Å². The lowest BCUT2D eigenvalue weighted by atomic mass is 9.81. The van der Waals surface area contributed by atoms with Gasteiger partial charge in [0, 0.05) is 67.2 Å². The summed E-state index contributed by atoms with van der Waals surface area (Å²) >= 11 is 0. The Balaban J connectivity index is 0.000000761. The molecule has 67 heavy (non-hydrogen) atoms. The van der Waals surface area contributed by atoms with Gasteiger partial charge in [-0.1, -0.05) is 80.1 Å². The van der Waals surface area contributed by atoms with Crippen molar-refractivity contribution in [2.75, 3.05) is 18.0 Å². The first-order valence-electron chi connectivity index (χ1n) is 21.5. The number of aliphatic carboxylic acids is 4. The van der Waals surface area contributed by atoms with Crippen molar-refractivity contribution in [3.8, 4) is 0 Å². The zero-order valence-corrected chi connectivity index (χ0v) is 38.8. The van der Waals surface area contributed by atoms with Gasteiger partial charge >= 0.3 is 36.2 Å². The SMILES string of the molecule is CC(/C=C/C=C1/N(CCCCC(N)=O)c2ccccc2C1(C)C)=C\C=C\C1=[N+](CCCCC=O)c2ccccc2C1(C)C.CC(=O)OC(F)(F)F.O=C(O)CCC(=O)O.O=C(O)CCC(=O)O. The topological polar surface area (TPSA) is 242 Å². The zero-order chi connectivity index (χ0) is 51.0. The summed E-state index contributed by atoms with van der Waals surface area (Å²) in [6.07, 6.45) is 12.8. The summed E-state index contributed by atoms with van der Waals surface area (Å²) in [4.78, 5) is 72.6. The van der Waals surface area contributed by atoms with Crippen LogP contribution >= 0.6 is 0 Å². The summed E-state index contributed by atoms with van der Waals surface area (Å²) in [6.45, 7) is 13.7. The molecule has 15 nitrogen and oxygen atoms in total. The number of aldehydes is 1. The molecule has 1 amide bonds. The molecule has 18 heteroatoms. The summed E-state index contributed by atoms with van der Waals surface area (Å²) in [5, 5.41) is 31.6. The molecule has 2 aromatic rings. The Morgan fingerprint density at radius 1 is 0.731 bits per heavy atom. The second-order valence-corrected chi connectivity index (χ2v) is 16.4. The second kappa shape index (κ2) is 28.2. The molecule has 6 N–H and O–H groups in total. The molecular formula is C49H63F3N3O12+. The van der Waals surface area contributed by atoms with Gasteiger partial charge in [-0.05, 0) is 57.7 Å². The maximum atomic E-state index is 11.2. The van der Waals surface area contributed by atoms with E-state index < -0.39 is 36.2 Å². The molecule has 0 aliphatic carbocycles. The number of ether oxygens (including phenoxy) is 1. The molecule has 366 valence electrons. The monoisotopic (exact) mass is 942 g/mol. The minimum absolute atomic E-state index is 0.0935. The largest absolute Gasteiger partial charge is 0.575 e. The molecule has 2 aliphatic heterocycles. The van der Waals surface area contributed by atoms with Crippen LogP contribution in [0.4, 0.5) is 24.5 Å². The maximum Gasteiger partial charge on any atom is 0.575 e. The fraction of sp³-hybridized carbons (Fsp3) is 0.429. The molecule has 0 bridgehead atoms. The Hall–Kier alpha value is -6.85. The van der Waals surface area contributed by atoms with Gasteiger partial charge in [0.2, 0.25) is 11.6 Å². The molecule has 0 saturated carbocycles. The van der Waals surface area contributed by atoms with Crippen molar-refractivity contribution < 1.29 is 76.5 Å². The molecule has 0 saturated heterocycles. The molecule has 0 fully saturated rings. The van der Waals surface area contributed by atoms with Crippen LogP contribution in [0, 0.1) is 0 Å². The number of nitrogens with zero attached hydrogens (tertiary/aromatic N) is 2. The summed E-state index contributed by atoms with van der Waals surface area (Å²) in [5.41, 5.74) is 14.1. The number of primary amides is 1. The third-order valence-electron chi connectivity index (χ3n) is 10.2. The summed E-state index contributed by atoms with van der Waals surface area (Å²) in [5.74, 6) is -5.89. The third-order valence-corrected chi connectivity index (χ3v) is 10.2. The van der Waals surface area contributed by atoms with Crippen LogP contribution in [0.5, 0.6) is 0 Å². The Kier molecular flexibility index (Phi) is 24.5. The van der Waals surface area contributed by atoms with Crippen LogP contribution in [0.1, 0.15) is 117 Å². The van der Waals surface area contributed by atoms with E-state index in [1.807, 2.05) is 0 Å². The standard InChI is InChI=1S/C38H47N3O2.2C4H6O4.C3H3F3O2/c1-29(17-15-23-34-37(2,3)30-19-7-9-21-32(30)40(34)26-12-6-14-28-42)18-16-24-35-38(4,5)31-20-8-10-22-33(31)41(35)27-13-11-25-36(39)43;2*5-3(6)1-2-4(7)8;1-2(7)8-3(4,5)6/h7-10,15-24,28H,6,11-14,25-27H2,1-5H3,(H-,39,43);2*1-2H2,(H,5,6)(H,7,8);1H3/p+1. The Bertz CT molecular complexity index is 2150. The van der Waals surface area contributed by atoms with Crippen molar-refractivity contribution in [3.63, 3.8) is 0 Å². The van der Waals surface area contributed by atoms with E-state index in [2.05, 4.69) is 134 Å². The van der Waals surface area contributed by atoms with Crippen LogP contribution in [-0.4, -0.2) is 92.2 Å². The van der Waals surface area contributed by atoms with Gasteiger partial charge in [-0.2, -0.15) is 4.58 Å². The maximum absolute atomic E-state index is 11.2. The normalized spacial score (nSPS) is 15.0. The van der Waals surface area contributed by atoms with Gasteiger partial charge in [0.15, 0.2) is 5.71 Å². The first-order valence-corrected chi connectivity index (χ1v) is 21.5. The summed E-state index contributed by atoms with van der Waals surface area (Å²) in [6, 6.07) is 17.3. The number of benzene rings is 2. The number of carbonyl (C=O) groups is 7. The number of halogens is 3. The lowest BCUT2D eigenvalue weighted by molar-refractivity contribution is -0.438. The number of para-hydroxylation sites is 2. The number of allylic oxidation sites excluding steroid dienone is 8. The first kappa shape index (κ1) is 58.2. The number of esters is 1. The van der Waals surface area contributed by atoms with Gasteiger partial charge in [-0.15, -0.1) is 13.2 Å². The highest BCUT2D eigenvalue weighted by Gasteiger charge is 2.44. The van der Waals surface area contributed by atoms with Gasteiger partial charge < -0.3 is 40.6 Å². The van der Waals surface area contributed by atoms with Crippen molar-refractivity contribution in [2.24, 2.45) is 5.73 Å². The Morgan fingerprint density at radius 2 is 1.27 bits per heavy atom. The number of carboxylic acid groups (broad SMARTS) is 4. The Labute approximate surface area is 388 Å². The number of nitrogens with two attached hydrogens (primary N) is 1. The van der Waals surface area contributed by atoms with Gasteiger partial charge in [-0.25, -0.2) is 0 Å². The smallest absolute Gasteiger partial charge is 0.481 e. The lowest BCUT2D eigenvalue weighted by Gasteiger charge is -2.27. The number of hydrogen-bond donors (Lipinski definition) is 5. The molecule has 4 rings (SSSR count). The number of amides is 1. The molecular weight excluding hydrogens is 880 g/mol. The predicted molar refractivity (Wildman–Crippen MR) is 246 cm³/mol. The van der Waals surface area contributed by atoms with E-state index in [9.17, 15) is 46.7 Å². The molecule has 0 spiro atoms. The number of unbranched alkanes of at least 4 members (excludes halogenated alkanes) is 3. The highest BCUT2D eigenvalue weighted by atomic mass is 19.4. The van der Waals surface area contributed by atoms with Crippen LogP contribution in [0.3, 0.4) is 0 Å². The van der Waals surface area contributed by atoms with Crippen molar-refractivity contribution in [1.29, 1.82) is 0 Å². The van der Waals surface area contributed by atoms with Gasteiger partial charge in [0.25, 0.3) is 0 Å². The van der Waals surface area contributed by atoms with Crippen molar-refractivity contribution in [3.05, 3.63) is 107 Å². The molecule has 0 atom stereocenters. The number of hydrogen-bond acceptors (Lipinski definition) is 9. The average molecular weight is 943 g/mol. The zero-order valence-electron chi connectivity index (χ0n) is 38.8. The van der Waals surface area contributed by atoms with Gasteiger partial charge in [0.1, 0.15) is 12.8 Å². The van der Waals surface area contributed by atoms with Crippen LogP contribution in [-0.2, 0) is 49.1 Å². The average Bonchev–Trinajstić information content (AvgIpc) is 3.57. The lowest BCUT2D eigenvalue weighted by Crippen LogP contribution is -2.27. The number of fused-ring (bicyclic) bond motifs is 2. The number of carboxylic acids is 4. The quantitative estimate of drug-likeness (QED) is 0.0274. The number of anilines is 1. The Morgan fingerprint density at radius 3 is 1.76 bits per heavy atom. The van der Waals surface area contributed by atoms with E-state index in [-0.39, 0.29) is 42.4 Å². The minimum Gasteiger partial charge on any atom is -0.481 e. The highest BCUT2D eigenvalue weighted by Crippen LogP contribution is 2.47. The van der Waals surface area contributed by atoms with Crippen LogP contribution in [0.25, 0.3) is 0 Å². The van der Waals surface area contributed by atoms with Crippen LogP contribution in [0.15, 0.2) is 96.3 Å². The molecule has 2 aliphatic rings. The second-order valence-electron chi connectivity index (χ2n) is 16.4. The van der Waals surface area contributed by atoms with E-state index in [0.29, 0.717) is 19.8 Å². The number of carbonyl (C=O) groups excluding carboxylic acids is 3. The third kappa shape index (κ3) is 21.3. The molecule has 0 unspecified atom stereocenters. The minimum atomic E-state index is -4.83. The van der Waals surface area contributed by atoms with E-state index in [1.165, 1.54) is 39.5 Å². The fourth-order valence-electron chi connectivity index (χ4n) is 7.06. The molecule has 2 aromatic carbocycles. The summed E-state index contributed by atoms with van der Waals surface area (Å²) < 4.78 is 37.8. The molecule has 2 heterocycles. The van der Waals surface area contributed by atoms with E-state index in [0.717, 1.165) is 45.1 Å². The number of alkyl halides is 3. The molecule has 0 radical (unpaired) electrons. The van der Waals surface area contributed by atoms with Crippen molar-refractivity contribution in [2.45, 2.75) is 123 Å². The van der Waals surface area contributed by atoms with Crippen LogP contribution in [0.2, 0.25) is 0 Å². The first-order chi connectivity index (χ1) is 31.3. The highest BCUT2D eigenvalue weighted by molar-refractivity contribution is 6.03. The van der Waals surface area contributed by atoms with Crippen molar-refractivity contribution in [1.82, 2.24) is 0 Å². The van der Waals surface area contributed by atoms with E-state index in [4.69, 9.17) is 26.2 Å². The van der Waals surface area contributed by atoms with E-state index in [1.54, 1.807) is 0 Å². The fourth-order valence-corrected chi connectivity index (χ4v) is 7.06. The van der Waals surface area contributed by atoms with E-state index >= 15 is 0 Å². The van der Waals surface area contributed by atoms with Gasteiger partial charge in [0.05, 0.1) is 31.1 Å².